The van der Waals surface area contributed by atoms with E-state index in [0.29, 0.717) is 16.4 Å². The highest BCUT2D eigenvalue weighted by atomic mass is 35.5. The molecule has 104 valence electrons. The number of nitrogens with two attached hydrogens (primary N) is 1. The molecule has 0 heterocycles. The molecular weight excluding hydrogens is 292 g/mol. The average molecular weight is 307 g/mol. The van der Waals surface area contributed by atoms with Gasteiger partial charge in [-0.1, -0.05) is 29.8 Å². The molecule has 2 aromatic carbocycles. The first-order chi connectivity index (χ1) is 9.56. The maximum Gasteiger partial charge on any atom is 0.237 e. The molecule has 2 rings (SSSR count). The van der Waals surface area contributed by atoms with Crippen molar-refractivity contribution >= 4 is 40.6 Å². The smallest absolute Gasteiger partial charge is 0.237 e. The number of nitrogen functional groups attached to an aromatic ring is 1. The van der Waals surface area contributed by atoms with Gasteiger partial charge in [0.2, 0.25) is 5.91 Å². The lowest BCUT2D eigenvalue weighted by Crippen LogP contribution is -2.22. The second kappa shape index (κ2) is 6.68. The van der Waals surface area contributed by atoms with E-state index in [0.717, 1.165) is 4.90 Å². The molecule has 3 nitrogen and oxygen atoms in total. The quantitative estimate of drug-likeness (QED) is 0.662. The summed E-state index contributed by atoms with van der Waals surface area (Å²) in [4.78, 5) is 13.0. The number of anilines is 2. The third-order valence-electron chi connectivity index (χ3n) is 2.66. The van der Waals surface area contributed by atoms with Crippen LogP contribution in [0.1, 0.15) is 6.92 Å². The lowest BCUT2D eigenvalue weighted by Gasteiger charge is -2.13. The molecule has 0 aliphatic carbocycles. The molecule has 0 aromatic heterocycles. The lowest BCUT2D eigenvalue weighted by molar-refractivity contribution is -0.115. The Labute approximate surface area is 127 Å². The van der Waals surface area contributed by atoms with E-state index >= 15 is 0 Å². The van der Waals surface area contributed by atoms with Gasteiger partial charge in [-0.15, -0.1) is 11.8 Å². The van der Waals surface area contributed by atoms with E-state index in [1.807, 2.05) is 31.2 Å². The number of thioether (sulfide) groups is 1. The maximum absolute atomic E-state index is 12.1. The molecule has 1 amide bonds. The highest BCUT2D eigenvalue weighted by Gasteiger charge is 2.15. The third kappa shape index (κ3) is 3.92. The van der Waals surface area contributed by atoms with Crippen LogP contribution in [0.3, 0.4) is 0 Å². The van der Waals surface area contributed by atoms with E-state index in [1.54, 1.807) is 24.3 Å². The van der Waals surface area contributed by atoms with Gasteiger partial charge in [-0.05, 0) is 37.3 Å². The maximum atomic E-state index is 12.1. The number of nitrogens with one attached hydrogen (secondary N) is 1. The second-order valence-corrected chi connectivity index (χ2v) is 6.10. The average Bonchev–Trinajstić information content (AvgIpc) is 2.41. The minimum atomic E-state index is -0.253. The highest BCUT2D eigenvalue weighted by molar-refractivity contribution is 8.00. The molecule has 0 spiro atoms. The second-order valence-electron chi connectivity index (χ2n) is 4.31. The Morgan fingerprint density at radius 3 is 2.70 bits per heavy atom. The van der Waals surface area contributed by atoms with Crippen molar-refractivity contribution in [2.45, 2.75) is 17.1 Å². The van der Waals surface area contributed by atoms with Crippen molar-refractivity contribution < 1.29 is 4.79 Å². The molecule has 0 bridgehead atoms. The first kappa shape index (κ1) is 14.8. The van der Waals surface area contributed by atoms with E-state index in [1.165, 1.54) is 11.8 Å². The molecular formula is C15H15ClN2OS. The van der Waals surface area contributed by atoms with Crippen LogP contribution in [0.5, 0.6) is 0 Å². The summed E-state index contributed by atoms with van der Waals surface area (Å²) in [5.74, 6) is -0.0829. The van der Waals surface area contributed by atoms with Crippen molar-refractivity contribution in [2.75, 3.05) is 11.1 Å². The van der Waals surface area contributed by atoms with E-state index in [4.69, 9.17) is 17.3 Å². The van der Waals surface area contributed by atoms with Crippen molar-refractivity contribution in [1.29, 1.82) is 0 Å². The Morgan fingerprint density at radius 2 is 2.00 bits per heavy atom. The van der Waals surface area contributed by atoms with Gasteiger partial charge in [0.25, 0.3) is 0 Å². The largest absolute Gasteiger partial charge is 0.399 e. The summed E-state index contributed by atoms with van der Waals surface area (Å²) in [6, 6.07) is 14.6. The molecule has 2 aromatic rings. The van der Waals surface area contributed by atoms with E-state index in [-0.39, 0.29) is 11.2 Å². The van der Waals surface area contributed by atoms with Crippen molar-refractivity contribution in [1.82, 2.24) is 0 Å². The van der Waals surface area contributed by atoms with Gasteiger partial charge in [0, 0.05) is 16.3 Å². The Bertz CT molecular complexity index is 618. The Kier molecular flexibility index (Phi) is 4.93. The van der Waals surface area contributed by atoms with Crippen molar-refractivity contribution in [3.05, 3.63) is 53.6 Å². The van der Waals surface area contributed by atoms with Gasteiger partial charge in [0.05, 0.1) is 10.3 Å². The summed E-state index contributed by atoms with van der Waals surface area (Å²) in [7, 11) is 0. The van der Waals surface area contributed by atoms with Crippen LogP contribution in [0, 0.1) is 0 Å². The third-order valence-corrected chi connectivity index (χ3v) is 4.28. The molecule has 5 heteroatoms. The van der Waals surface area contributed by atoms with Gasteiger partial charge in [-0.3, -0.25) is 4.79 Å². The fraction of sp³-hybridized carbons (Fsp3) is 0.133. The van der Waals surface area contributed by atoms with Gasteiger partial charge in [-0.25, -0.2) is 0 Å². The van der Waals surface area contributed by atoms with Crippen molar-refractivity contribution in [2.24, 2.45) is 0 Å². The molecule has 3 N–H and O–H groups in total. The first-order valence-corrected chi connectivity index (χ1v) is 7.39. The summed E-state index contributed by atoms with van der Waals surface area (Å²) in [6.07, 6.45) is 0. The van der Waals surface area contributed by atoms with E-state index in [9.17, 15) is 4.79 Å². The number of hydrogen-bond donors (Lipinski definition) is 2. The van der Waals surface area contributed by atoms with E-state index in [2.05, 4.69) is 5.32 Å². The molecule has 0 radical (unpaired) electrons. The number of carbonyl (C=O) groups is 1. The number of rotatable bonds is 4. The summed E-state index contributed by atoms with van der Waals surface area (Å²) in [5, 5.41) is 3.24. The van der Waals surface area contributed by atoms with Gasteiger partial charge in [0.15, 0.2) is 0 Å². The van der Waals surface area contributed by atoms with Crippen LogP contribution >= 0.6 is 23.4 Å². The van der Waals surface area contributed by atoms with Gasteiger partial charge in [0.1, 0.15) is 0 Å². The van der Waals surface area contributed by atoms with Gasteiger partial charge in [-0.2, -0.15) is 0 Å². The van der Waals surface area contributed by atoms with Crippen molar-refractivity contribution in [3.8, 4) is 0 Å². The molecule has 0 aliphatic heterocycles. The minimum Gasteiger partial charge on any atom is -0.399 e. The fourth-order valence-electron chi connectivity index (χ4n) is 1.64. The van der Waals surface area contributed by atoms with Crippen LogP contribution in [-0.2, 0) is 4.79 Å². The van der Waals surface area contributed by atoms with Crippen LogP contribution in [0.25, 0.3) is 0 Å². The highest BCUT2D eigenvalue weighted by Crippen LogP contribution is 2.30. The predicted molar refractivity (Wildman–Crippen MR) is 86.3 cm³/mol. The molecule has 1 atom stereocenters. The number of hydrogen-bond acceptors (Lipinski definition) is 3. The number of halogens is 1. The molecule has 0 aliphatic rings. The standard InChI is InChI=1S/C15H15ClN2OS/c1-10(20-14-8-3-2-7-13(14)16)15(19)18-12-6-4-5-11(17)9-12/h2-10H,17H2,1H3,(H,18,19). The van der Waals surface area contributed by atoms with Crippen LogP contribution in [0.15, 0.2) is 53.4 Å². The summed E-state index contributed by atoms with van der Waals surface area (Å²) in [6.45, 7) is 1.84. The molecule has 0 saturated heterocycles. The zero-order chi connectivity index (χ0) is 14.5. The topological polar surface area (TPSA) is 55.1 Å². The fourth-order valence-corrected chi connectivity index (χ4v) is 2.80. The predicted octanol–water partition coefficient (Wildman–Crippen LogP) is 4.04. The number of benzene rings is 2. The summed E-state index contributed by atoms with van der Waals surface area (Å²) in [5.41, 5.74) is 7.00. The summed E-state index contributed by atoms with van der Waals surface area (Å²) >= 11 is 7.51. The zero-order valence-electron chi connectivity index (χ0n) is 11.0. The SMILES string of the molecule is CC(Sc1ccccc1Cl)C(=O)Nc1cccc(N)c1. The number of amides is 1. The van der Waals surface area contributed by atoms with E-state index < -0.39 is 0 Å². The molecule has 1 unspecified atom stereocenters. The van der Waals surface area contributed by atoms with Gasteiger partial charge >= 0.3 is 0 Å². The van der Waals surface area contributed by atoms with Crippen LogP contribution < -0.4 is 11.1 Å². The van der Waals surface area contributed by atoms with Crippen molar-refractivity contribution in [3.63, 3.8) is 0 Å². The van der Waals surface area contributed by atoms with Crippen LogP contribution in [0.2, 0.25) is 5.02 Å². The Morgan fingerprint density at radius 1 is 1.25 bits per heavy atom. The Balaban J connectivity index is 2.01. The lowest BCUT2D eigenvalue weighted by atomic mass is 10.3. The number of carbonyl (C=O) groups excluding carboxylic acids is 1. The molecule has 0 fully saturated rings. The van der Waals surface area contributed by atoms with Crippen LogP contribution in [-0.4, -0.2) is 11.2 Å². The van der Waals surface area contributed by atoms with Crippen LogP contribution in [0.4, 0.5) is 11.4 Å². The summed E-state index contributed by atoms with van der Waals surface area (Å²) < 4.78 is 0. The first-order valence-electron chi connectivity index (χ1n) is 6.14. The minimum absolute atomic E-state index is 0.0829. The monoisotopic (exact) mass is 306 g/mol. The van der Waals surface area contributed by atoms with Gasteiger partial charge < -0.3 is 11.1 Å². The normalized spacial score (nSPS) is 11.9. The molecule has 0 saturated carbocycles. The molecule has 20 heavy (non-hydrogen) atoms. The Hall–Kier alpha value is -1.65. The zero-order valence-corrected chi connectivity index (χ0v) is 12.5.